The van der Waals surface area contributed by atoms with Crippen LogP contribution in [0.2, 0.25) is 0 Å². The number of anilines is 1. The molecule has 2 aromatic carbocycles. The summed E-state index contributed by atoms with van der Waals surface area (Å²) in [5, 5.41) is 16.3. The van der Waals surface area contributed by atoms with Crippen LogP contribution in [0.15, 0.2) is 30.3 Å². The molecule has 0 fully saturated rings. The lowest BCUT2D eigenvalue weighted by Gasteiger charge is -2.10. The van der Waals surface area contributed by atoms with Crippen LogP contribution in [0.4, 0.5) is 27.6 Å². The van der Waals surface area contributed by atoms with Crippen LogP contribution < -0.4 is 9.55 Å². The Morgan fingerprint density at radius 3 is 1.14 bits per heavy atom. The molecule has 0 bridgehead atoms. The van der Waals surface area contributed by atoms with Crippen molar-refractivity contribution in [2.24, 2.45) is 0 Å². The van der Waals surface area contributed by atoms with E-state index in [0.717, 1.165) is 0 Å². The molecule has 16 nitrogen and oxygen atoms in total. The van der Waals surface area contributed by atoms with Crippen LogP contribution in [0.25, 0.3) is 63.9 Å². The van der Waals surface area contributed by atoms with Crippen molar-refractivity contribution in [3.63, 3.8) is 0 Å². The fourth-order valence-corrected chi connectivity index (χ4v) is 1.52. The number of rotatable bonds is 3. The molecule has 0 saturated carbocycles. The SMILES string of the molecule is CN(C)c1ccccc1.OB(O)Oc1c(F)c(F)c(F)c(F)c1F.[N-]=[N+]=[N-].[N-]=[N+]=[N-].[N-]=[N+]=[N-].[N-]=[N+]=[N-]. The van der Waals surface area contributed by atoms with E-state index < -0.39 is 42.2 Å². The Balaban J connectivity index is -0.000000206. The fraction of sp³-hybridized carbons (Fsp3) is 0.143. The molecule has 0 aliphatic heterocycles. The average Bonchev–Trinajstić information content (AvgIpc) is 2.82. The van der Waals surface area contributed by atoms with Crippen LogP contribution in [0.3, 0.4) is 0 Å². The largest absolute Gasteiger partial charge is 0.707 e. The van der Waals surface area contributed by atoms with E-state index in [-0.39, 0.29) is 0 Å². The molecule has 0 unspecified atom stereocenters. The topological polar surface area (TPSA) is 288 Å². The van der Waals surface area contributed by atoms with Crippen molar-refractivity contribution in [2.45, 2.75) is 0 Å². The normalized spacial score (nSPS) is 7.47. The van der Waals surface area contributed by atoms with Gasteiger partial charge in [0, 0.05) is 19.8 Å². The Morgan fingerprint density at radius 2 is 0.917 bits per heavy atom. The van der Waals surface area contributed by atoms with Crippen LogP contribution >= 0.6 is 0 Å². The van der Waals surface area contributed by atoms with Crippen molar-refractivity contribution in [1.82, 2.24) is 0 Å². The zero-order valence-corrected chi connectivity index (χ0v) is 18.0. The second kappa shape index (κ2) is 24.6. The summed E-state index contributed by atoms with van der Waals surface area (Å²) in [7, 11) is 1.38. The number of halogens is 5. The molecule has 0 spiro atoms. The summed E-state index contributed by atoms with van der Waals surface area (Å²) < 4.78 is 66.3. The standard InChI is InChI=1S/C8H11N.C6H2BF5O3.4N3/c1-9(2)8-6-4-3-5-7-8;8-1-2(9)4(11)6(15-7(13)14)5(12)3(1)10;4*1-3-2/h3-7H,1-2H3;13-14H;;;;/q;;4*-1. The van der Waals surface area contributed by atoms with E-state index in [0.29, 0.717) is 0 Å². The first-order chi connectivity index (χ1) is 16.8. The monoisotopic (exact) mass is 517 g/mol. The van der Waals surface area contributed by atoms with Gasteiger partial charge < -0.3 is 63.9 Å². The maximum Gasteiger partial charge on any atom is 0.707 e. The van der Waals surface area contributed by atoms with Gasteiger partial charge in [0.25, 0.3) is 0 Å². The van der Waals surface area contributed by atoms with E-state index in [4.69, 9.17) is 54.3 Å². The lowest BCUT2D eigenvalue weighted by molar-refractivity contribution is 0.263. The molecule has 0 heterocycles. The number of benzene rings is 2. The predicted octanol–water partition coefficient (Wildman–Crippen LogP) is 5.95. The van der Waals surface area contributed by atoms with E-state index in [9.17, 15) is 22.0 Å². The fourth-order valence-electron chi connectivity index (χ4n) is 1.52. The third-order valence-electron chi connectivity index (χ3n) is 2.67. The van der Waals surface area contributed by atoms with Crippen LogP contribution in [0, 0.1) is 29.1 Å². The van der Waals surface area contributed by atoms with E-state index >= 15 is 0 Å². The second-order valence-electron chi connectivity index (χ2n) is 4.93. The lowest BCUT2D eigenvalue weighted by Crippen LogP contribution is -2.23. The first-order valence-electron chi connectivity index (χ1n) is 8.03. The molecule has 2 aromatic rings. The molecule has 2 rings (SSSR count). The Hall–Kier alpha value is -5.09. The van der Waals surface area contributed by atoms with E-state index in [2.05, 4.69) is 21.7 Å². The molecule has 0 amide bonds. The molecule has 0 aliphatic carbocycles. The van der Waals surface area contributed by atoms with Gasteiger partial charge in [-0.3, -0.25) is 19.6 Å². The Bertz CT molecular complexity index is 961. The Kier molecular flexibility index (Phi) is 26.0. The van der Waals surface area contributed by atoms with Crippen molar-refractivity contribution in [1.29, 1.82) is 0 Å². The van der Waals surface area contributed by atoms with E-state index in [1.54, 1.807) is 0 Å². The highest BCUT2D eigenvalue weighted by Gasteiger charge is 2.29. The molecular weight excluding hydrogens is 504 g/mol. The maximum absolute atomic E-state index is 12.7. The molecule has 194 valence electrons. The van der Waals surface area contributed by atoms with Crippen LogP contribution in [0.1, 0.15) is 0 Å². The zero-order valence-electron chi connectivity index (χ0n) is 18.0. The molecule has 0 atom stereocenters. The molecule has 36 heavy (non-hydrogen) atoms. The Morgan fingerprint density at radius 1 is 0.639 bits per heavy atom. The summed E-state index contributed by atoms with van der Waals surface area (Å²) in [6, 6.07) is 10.3. The van der Waals surface area contributed by atoms with Gasteiger partial charge in [0.05, 0.1) is 0 Å². The van der Waals surface area contributed by atoms with Crippen molar-refractivity contribution < 1.29 is 36.7 Å². The van der Waals surface area contributed by atoms with Crippen LogP contribution in [-0.4, -0.2) is 31.5 Å². The highest BCUT2D eigenvalue weighted by atomic mass is 19.2. The molecule has 0 radical (unpaired) electrons. The van der Waals surface area contributed by atoms with E-state index in [1.165, 1.54) is 25.3 Å². The second-order valence-corrected chi connectivity index (χ2v) is 4.93. The summed E-state index contributed by atoms with van der Waals surface area (Å²) in [5.74, 6) is -13.1. The van der Waals surface area contributed by atoms with Crippen molar-refractivity contribution in [3.05, 3.63) is 123 Å². The van der Waals surface area contributed by atoms with Crippen LogP contribution in [0.5, 0.6) is 5.75 Å². The molecular formula is C14H13BF5N13O3-4. The van der Waals surface area contributed by atoms with Gasteiger partial charge in [0.15, 0.2) is 5.75 Å². The van der Waals surface area contributed by atoms with Crippen LogP contribution in [-0.2, 0) is 0 Å². The van der Waals surface area contributed by atoms with Gasteiger partial charge in [-0.1, -0.05) is 18.2 Å². The molecule has 0 saturated heterocycles. The minimum absolute atomic E-state index is 1.25. The number of para-hydroxylation sites is 1. The summed E-state index contributed by atoms with van der Waals surface area (Å²) in [6.45, 7) is 0. The molecule has 22 heteroatoms. The highest BCUT2D eigenvalue weighted by molar-refractivity contribution is 6.33. The minimum Gasteiger partial charge on any atom is -0.507 e. The lowest BCUT2D eigenvalue weighted by atomic mass is 10.2. The highest BCUT2D eigenvalue weighted by Crippen LogP contribution is 2.29. The third kappa shape index (κ3) is 18.5. The number of hydrogen-bond acceptors (Lipinski definition) is 4. The summed E-state index contributed by atoms with van der Waals surface area (Å²) >= 11 is 0. The molecule has 0 aliphatic rings. The van der Waals surface area contributed by atoms with Gasteiger partial charge in [-0.25, -0.2) is 13.2 Å². The summed E-state index contributed by atoms with van der Waals surface area (Å²) in [4.78, 5) is 8.08. The number of nitrogens with zero attached hydrogens (tertiary/aromatic N) is 13. The smallest absolute Gasteiger partial charge is 0.507 e. The maximum atomic E-state index is 12.7. The third-order valence-corrected chi connectivity index (χ3v) is 2.67. The van der Waals surface area contributed by atoms with Gasteiger partial charge in [0.1, 0.15) is 0 Å². The first kappa shape index (κ1) is 38.2. The van der Waals surface area contributed by atoms with Gasteiger partial charge in [-0.05, 0) is 12.1 Å². The first-order valence-corrected chi connectivity index (χ1v) is 8.03. The van der Waals surface area contributed by atoms with Gasteiger partial charge in [0.2, 0.25) is 29.1 Å². The summed E-state index contributed by atoms with van der Waals surface area (Å²) in [5.41, 5.74) is 55.2. The minimum atomic E-state index is -2.70. The predicted molar refractivity (Wildman–Crippen MR) is 118 cm³/mol. The zero-order chi connectivity index (χ0) is 29.3. The number of hydrogen-bond donors (Lipinski definition) is 2. The molecule has 0 aromatic heterocycles. The van der Waals surface area contributed by atoms with Gasteiger partial charge in [-0.15, -0.1) is 0 Å². The summed E-state index contributed by atoms with van der Waals surface area (Å²) in [6.07, 6.45) is 0. The average molecular weight is 517 g/mol. The van der Waals surface area contributed by atoms with Crippen molar-refractivity contribution in [2.75, 3.05) is 19.0 Å². The van der Waals surface area contributed by atoms with Gasteiger partial charge in [-0.2, -0.15) is 8.78 Å². The quantitative estimate of drug-likeness (QED) is 0.0948. The van der Waals surface area contributed by atoms with Gasteiger partial charge >= 0.3 is 7.32 Å². The van der Waals surface area contributed by atoms with E-state index in [1.807, 2.05) is 32.3 Å². The molecule has 2 N–H and O–H groups in total. The van der Waals surface area contributed by atoms with Crippen molar-refractivity contribution in [3.8, 4) is 5.75 Å². The Labute approximate surface area is 198 Å². The van der Waals surface area contributed by atoms with Crippen molar-refractivity contribution >= 4 is 13.0 Å².